The van der Waals surface area contributed by atoms with E-state index in [2.05, 4.69) is 6.92 Å². The van der Waals surface area contributed by atoms with Gasteiger partial charge in [-0.1, -0.05) is 94.7 Å². The van der Waals surface area contributed by atoms with Gasteiger partial charge in [-0.2, -0.15) is 0 Å². The average Bonchev–Trinajstić information content (AvgIpc) is 2.59. The average molecular weight is 401 g/mol. The van der Waals surface area contributed by atoms with Crippen molar-refractivity contribution in [3.8, 4) is 0 Å². The molecule has 0 bridgehead atoms. The van der Waals surface area contributed by atoms with E-state index in [1.165, 1.54) is 44.9 Å². The molecule has 3 nitrogen and oxygen atoms in total. The maximum atomic E-state index is 11.8. The summed E-state index contributed by atoms with van der Waals surface area (Å²) in [7, 11) is -4.47. The Morgan fingerprint density at radius 2 is 1.38 bits per heavy atom. The minimum atomic E-state index is -4.47. The molecular formula is C21H29KO3S. The van der Waals surface area contributed by atoms with Gasteiger partial charge in [-0.15, -0.1) is 0 Å². The smallest absolute Gasteiger partial charge is 0.744 e. The van der Waals surface area contributed by atoms with Crippen LogP contribution in [0.15, 0.2) is 41.3 Å². The van der Waals surface area contributed by atoms with Crippen LogP contribution in [0, 0.1) is 0 Å². The predicted octanol–water partition coefficient (Wildman–Crippen LogP) is 2.82. The van der Waals surface area contributed by atoms with Gasteiger partial charge in [0, 0.05) is 0 Å². The number of rotatable bonds is 11. The van der Waals surface area contributed by atoms with Crippen LogP contribution in [0.2, 0.25) is 0 Å². The van der Waals surface area contributed by atoms with E-state index in [-0.39, 0.29) is 56.3 Å². The van der Waals surface area contributed by atoms with Gasteiger partial charge in [0.05, 0.1) is 4.90 Å². The summed E-state index contributed by atoms with van der Waals surface area (Å²) in [6.45, 7) is 2.23. The minimum absolute atomic E-state index is 0. The molecule has 0 aliphatic heterocycles. The molecule has 0 saturated carbocycles. The summed E-state index contributed by atoms with van der Waals surface area (Å²) in [5.74, 6) is 0. The number of unbranched alkanes of at least 4 members (excludes halogenated alkanes) is 8. The Morgan fingerprint density at radius 1 is 0.808 bits per heavy atom. The maximum Gasteiger partial charge on any atom is 1.00 e. The van der Waals surface area contributed by atoms with Crippen LogP contribution in [0.25, 0.3) is 10.8 Å². The van der Waals surface area contributed by atoms with Crippen LogP contribution >= 0.6 is 0 Å². The van der Waals surface area contributed by atoms with Crippen molar-refractivity contribution < 1.29 is 64.4 Å². The Morgan fingerprint density at radius 3 is 2.00 bits per heavy atom. The molecule has 0 N–H and O–H groups in total. The molecule has 2 aromatic carbocycles. The summed E-state index contributed by atoms with van der Waals surface area (Å²) in [5, 5.41) is 1.35. The maximum absolute atomic E-state index is 11.8. The second-order valence-corrected chi connectivity index (χ2v) is 8.12. The van der Waals surface area contributed by atoms with Crippen LogP contribution < -0.4 is 51.4 Å². The first-order valence-corrected chi connectivity index (χ1v) is 10.9. The monoisotopic (exact) mass is 400 g/mol. The quantitative estimate of drug-likeness (QED) is 0.331. The summed E-state index contributed by atoms with van der Waals surface area (Å²) in [6, 6.07) is 10.9. The predicted molar refractivity (Wildman–Crippen MR) is 103 cm³/mol. The molecule has 0 spiro atoms. The van der Waals surface area contributed by atoms with E-state index >= 15 is 0 Å². The first-order valence-electron chi connectivity index (χ1n) is 9.50. The van der Waals surface area contributed by atoms with Crippen molar-refractivity contribution >= 4 is 20.9 Å². The van der Waals surface area contributed by atoms with Crippen molar-refractivity contribution in [3.63, 3.8) is 0 Å². The van der Waals surface area contributed by atoms with Gasteiger partial charge in [0.25, 0.3) is 0 Å². The fourth-order valence-corrected chi connectivity index (χ4v) is 4.35. The summed E-state index contributed by atoms with van der Waals surface area (Å²) in [6.07, 6.45) is 11.6. The van der Waals surface area contributed by atoms with E-state index in [1.807, 2.05) is 18.2 Å². The zero-order valence-corrected chi connectivity index (χ0v) is 20.1. The van der Waals surface area contributed by atoms with Crippen molar-refractivity contribution in [2.45, 2.75) is 76.0 Å². The van der Waals surface area contributed by atoms with Gasteiger partial charge in [0.15, 0.2) is 0 Å². The molecule has 0 aliphatic carbocycles. The molecule has 0 aromatic heterocycles. The molecule has 0 unspecified atom stereocenters. The van der Waals surface area contributed by atoms with E-state index in [1.54, 1.807) is 18.2 Å². The Labute approximate surface area is 201 Å². The molecule has 0 saturated heterocycles. The standard InChI is InChI=1S/C21H30O3S.K/c1-2-3-4-5-6-7-8-9-10-14-19-17-16-18-13-11-12-15-20(18)21(19)25(22,23)24;/h11-13,15-17H,2-10,14H2,1H3,(H,22,23,24);/q;+1/p-1. The topological polar surface area (TPSA) is 57.2 Å². The number of hydrogen-bond donors (Lipinski definition) is 0. The first kappa shape index (κ1) is 24.3. The van der Waals surface area contributed by atoms with Crippen LogP contribution in [-0.2, 0) is 16.5 Å². The van der Waals surface area contributed by atoms with Gasteiger partial charge < -0.3 is 4.55 Å². The number of aryl methyl sites for hydroxylation is 1. The molecule has 2 rings (SSSR count). The van der Waals surface area contributed by atoms with Crippen LogP contribution in [-0.4, -0.2) is 13.0 Å². The fraction of sp³-hybridized carbons (Fsp3) is 0.524. The van der Waals surface area contributed by atoms with E-state index < -0.39 is 10.1 Å². The molecule has 0 aliphatic rings. The van der Waals surface area contributed by atoms with Crippen molar-refractivity contribution in [1.29, 1.82) is 0 Å². The van der Waals surface area contributed by atoms with E-state index in [0.717, 1.165) is 18.2 Å². The summed E-state index contributed by atoms with van der Waals surface area (Å²) in [4.78, 5) is -0.0230. The van der Waals surface area contributed by atoms with Crippen LogP contribution in [0.3, 0.4) is 0 Å². The van der Waals surface area contributed by atoms with E-state index in [0.29, 0.717) is 17.4 Å². The molecule has 2 aromatic rings. The molecule has 5 heteroatoms. The first-order chi connectivity index (χ1) is 12.0. The minimum Gasteiger partial charge on any atom is -0.744 e. The van der Waals surface area contributed by atoms with Gasteiger partial charge in [-0.25, -0.2) is 8.42 Å². The van der Waals surface area contributed by atoms with Crippen LogP contribution in [0.5, 0.6) is 0 Å². The number of benzene rings is 2. The second-order valence-electron chi connectivity index (χ2n) is 6.81. The molecule has 0 radical (unpaired) electrons. The van der Waals surface area contributed by atoms with Crippen LogP contribution in [0.1, 0.15) is 70.3 Å². The van der Waals surface area contributed by atoms with Gasteiger partial charge in [-0.3, -0.25) is 0 Å². The van der Waals surface area contributed by atoms with Gasteiger partial charge in [0.2, 0.25) is 0 Å². The molecule has 0 fully saturated rings. The summed E-state index contributed by atoms with van der Waals surface area (Å²) in [5.41, 5.74) is 0.664. The van der Waals surface area contributed by atoms with Crippen LogP contribution in [0.4, 0.5) is 0 Å². The molecule has 0 amide bonds. The summed E-state index contributed by atoms with van der Waals surface area (Å²) >= 11 is 0. The fourth-order valence-electron chi connectivity index (χ4n) is 3.41. The number of hydrogen-bond acceptors (Lipinski definition) is 3. The summed E-state index contributed by atoms with van der Waals surface area (Å²) < 4.78 is 35.3. The molecule has 0 heterocycles. The molecule has 138 valence electrons. The zero-order chi connectivity index (χ0) is 18.1. The van der Waals surface area contributed by atoms with Gasteiger partial charge in [-0.05, 0) is 29.2 Å². The normalized spacial score (nSPS) is 11.5. The second kappa shape index (κ2) is 12.7. The molecule has 0 atom stereocenters. The van der Waals surface area contributed by atoms with Crippen molar-refractivity contribution in [2.75, 3.05) is 0 Å². The van der Waals surface area contributed by atoms with Gasteiger partial charge in [0.1, 0.15) is 10.1 Å². The van der Waals surface area contributed by atoms with Crippen molar-refractivity contribution in [1.82, 2.24) is 0 Å². The molecule has 26 heavy (non-hydrogen) atoms. The Balaban J connectivity index is 0.00000338. The number of fused-ring (bicyclic) bond motifs is 1. The SMILES string of the molecule is CCCCCCCCCCCc1ccc2ccccc2c1S(=O)(=O)[O-].[K+]. The third-order valence-electron chi connectivity index (χ3n) is 4.76. The Bertz CT molecular complexity index is 772. The largest absolute Gasteiger partial charge is 1.00 e. The Hall–Kier alpha value is 0.246. The third-order valence-corrected chi connectivity index (χ3v) is 5.74. The molecular weight excluding hydrogens is 371 g/mol. The van der Waals surface area contributed by atoms with Crippen molar-refractivity contribution in [3.05, 3.63) is 42.0 Å². The van der Waals surface area contributed by atoms with E-state index in [9.17, 15) is 13.0 Å². The van der Waals surface area contributed by atoms with Gasteiger partial charge >= 0.3 is 51.4 Å². The van der Waals surface area contributed by atoms with Crippen molar-refractivity contribution in [2.24, 2.45) is 0 Å². The Kier molecular flexibility index (Phi) is 11.8. The zero-order valence-electron chi connectivity index (χ0n) is 16.2. The van der Waals surface area contributed by atoms with E-state index in [4.69, 9.17) is 0 Å². The third kappa shape index (κ3) is 7.70.